The first-order chi connectivity index (χ1) is 10.2. The summed E-state index contributed by atoms with van der Waals surface area (Å²) in [5.74, 6) is -1.46. The summed E-state index contributed by atoms with van der Waals surface area (Å²) in [6.07, 6.45) is 1.55. The van der Waals surface area contributed by atoms with Crippen molar-refractivity contribution in [1.82, 2.24) is 15.0 Å². The fraction of sp³-hybridized carbons (Fsp3) is 0. The minimum Gasteiger partial charge on any atom is -0.507 e. The van der Waals surface area contributed by atoms with Gasteiger partial charge in [-0.05, 0) is 30.3 Å². The van der Waals surface area contributed by atoms with Crippen molar-refractivity contribution < 1.29 is 15.0 Å². The molecular weight excluding hydrogens is 270 g/mol. The number of hydrogen-bond acceptors (Lipinski definition) is 4. The Bertz CT molecular complexity index is 797. The van der Waals surface area contributed by atoms with Crippen LogP contribution in [0.5, 0.6) is 5.75 Å². The summed E-state index contributed by atoms with van der Waals surface area (Å²) in [5, 5.41) is 26.5. The number of carboxylic acids is 1. The molecule has 0 amide bonds. The van der Waals surface area contributed by atoms with Crippen molar-refractivity contribution in [1.29, 1.82) is 0 Å². The lowest BCUT2D eigenvalue weighted by molar-refractivity contribution is 0.0694. The Balaban J connectivity index is 2.13. The Kier molecular flexibility index (Phi) is 3.12. The standard InChI is InChI=1S/C15H11N3O3/c19-14-7-6-10(8-12(14)15(20)21)13-9-16-17-18(13)11-4-2-1-3-5-11/h1-9,19H,(H,20,21). The number of aromatic hydroxyl groups is 1. The van der Waals surface area contributed by atoms with E-state index in [-0.39, 0.29) is 11.3 Å². The number of carboxylic acid groups (broad SMARTS) is 1. The fourth-order valence-corrected chi connectivity index (χ4v) is 2.06. The molecular formula is C15H11N3O3. The highest BCUT2D eigenvalue weighted by Gasteiger charge is 2.14. The van der Waals surface area contributed by atoms with Crippen molar-refractivity contribution >= 4 is 5.97 Å². The second-order valence-electron chi connectivity index (χ2n) is 4.40. The van der Waals surface area contributed by atoms with E-state index in [1.807, 2.05) is 30.3 Å². The summed E-state index contributed by atoms with van der Waals surface area (Å²) in [6.45, 7) is 0. The lowest BCUT2D eigenvalue weighted by atomic mass is 10.1. The molecule has 0 spiro atoms. The van der Waals surface area contributed by atoms with Crippen LogP contribution in [0.2, 0.25) is 0 Å². The molecule has 0 saturated heterocycles. The third-order valence-corrected chi connectivity index (χ3v) is 3.07. The molecule has 0 unspecified atom stereocenters. The van der Waals surface area contributed by atoms with Gasteiger partial charge in [0, 0.05) is 5.56 Å². The third-order valence-electron chi connectivity index (χ3n) is 3.07. The van der Waals surface area contributed by atoms with Gasteiger partial charge in [-0.3, -0.25) is 0 Å². The smallest absolute Gasteiger partial charge is 0.339 e. The summed E-state index contributed by atoms with van der Waals surface area (Å²) in [5.41, 5.74) is 1.91. The molecule has 3 rings (SSSR count). The normalized spacial score (nSPS) is 10.5. The van der Waals surface area contributed by atoms with Gasteiger partial charge < -0.3 is 10.2 Å². The van der Waals surface area contributed by atoms with Crippen LogP contribution in [0.15, 0.2) is 54.7 Å². The molecule has 0 fully saturated rings. The zero-order chi connectivity index (χ0) is 14.8. The van der Waals surface area contributed by atoms with Crippen LogP contribution in [-0.4, -0.2) is 31.2 Å². The van der Waals surface area contributed by atoms with E-state index in [1.165, 1.54) is 12.1 Å². The molecule has 0 aliphatic carbocycles. The van der Waals surface area contributed by atoms with Crippen LogP contribution in [0.4, 0.5) is 0 Å². The molecule has 3 aromatic rings. The predicted octanol–water partition coefficient (Wildman–Crippen LogP) is 2.34. The number of carbonyl (C=O) groups is 1. The molecule has 6 nitrogen and oxygen atoms in total. The van der Waals surface area contributed by atoms with E-state index in [0.29, 0.717) is 11.3 Å². The summed E-state index contributed by atoms with van der Waals surface area (Å²) < 4.78 is 1.61. The molecule has 21 heavy (non-hydrogen) atoms. The maximum atomic E-state index is 11.1. The van der Waals surface area contributed by atoms with Crippen LogP contribution in [0.1, 0.15) is 10.4 Å². The van der Waals surface area contributed by atoms with Crippen molar-refractivity contribution in [3.05, 3.63) is 60.3 Å². The maximum absolute atomic E-state index is 11.1. The number of hydrogen-bond donors (Lipinski definition) is 2. The zero-order valence-corrected chi connectivity index (χ0v) is 10.8. The molecule has 0 bridgehead atoms. The van der Waals surface area contributed by atoms with Crippen LogP contribution in [0.25, 0.3) is 16.9 Å². The van der Waals surface area contributed by atoms with E-state index < -0.39 is 5.97 Å². The van der Waals surface area contributed by atoms with E-state index in [0.717, 1.165) is 5.69 Å². The third kappa shape index (κ3) is 2.34. The average Bonchev–Trinajstić information content (AvgIpc) is 2.98. The summed E-state index contributed by atoms with van der Waals surface area (Å²) in [6, 6.07) is 13.8. The fourth-order valence-electron chi connectivity index (χ4n) is 2.06. The largest absolute Gasteiger partial charge is 0.507 e. The number of para-hydroxylation sites is 1. The van der Waals surface area contributed by atoms with Crippen molar-refractivity contribution in [3.63, 3.8) is 0 Å². The first-order valence-electron chi connectivity index (χ1n) is 6.19. The topological polar surface area (TPSA) is 88.2 Å². The average molecular weight is 281 g/mol. The van der Waals surface area contributed by atoms with Gasteiger partial charge in [0.25, 0.3) is 0 Å². The summed E-state index contributed by atoms with van der Waals surface area (Å²) >= 11 is 0. The number of aromatic nitrogens is 3. The lowest BCUT2D eigenvalue weighted by Crippen LogP contribution is -2.01. The molecule has 2 aromatic carbocycles. The molecule has 1 aromatic heterocycles. The number of rotatable bonds is 3. The van der Waals surface area contributed by atoms with Gasteiger partial charge >= 0.3 is 5.97 Å². The minimum atomic E-state index is -1.19. The van der Waals surface area contributed by atoms with Gasteiger partial charge in [-0.25, -0.2) is 9.48 Å². The quantitative estimate of drug-likeness (QED) is 0.769. The van der Waals surface area contributed by atoms with Crippen LogP contribution in [0.3, 0.4) is 0 Å². The van der Waals surface area contributed by atoms with Crippen LogP contribution in [-0.2, 0) is 0 Å². The van der Waals surface area contributed by atoms with Gasteiger partial charge in [-0.1, -0.05) is 23.4 Å². The molecule has 0 aliphatic heterocycles. The zero-order valence-electron chi connectivity index (χ0n) is 10.8. The first kappa shape index (κ1) is 12.9. The molecule has 104 valence electrons. The minimum absolute atomic E-state index is 0.159. The lowest BCUT2D eigenvalue weighted by Gasteiger charge is -2.07. The second kappa shape index (κ2) is 5.09. The Morgan fingerprint density at radius 2 is 1.86 bits per heavy atom. The highest BCUT2D eigenvalue weighted by atomic mass is 16.4. The second-order valence-corrected chi connectivity index (χ2v) is 4.40. The van der Waals surface area contributed by atoms with Crippen molar-refractivity contribution in [2.75, 3.05) is 0 Å². The van der Waals surface area contributed by atoms with Gasteiger partial charge in [-0.2, -0.15) is 0 Å². The summed E-state index contributed by atoms with van der Waals surface area (Å²) in [7, 11) is 0. The van der Waals surface area contributed by atoms with E-state index in [9.17, 15) is 9.90 Å². The van der Waals surface area contributed by atoms with E-state index >= 15 is 0 Å². The number of aromatic carboxylic acids is 1. The van der Waals surface area contributed by atoms with Crippen molar-refractivity contribution in [2.24, 2.45) is 0 Å². The van der Waals surface area contributed by atoms with E-state index in [1.54, 1.807) is 16.9 Å². The Morgan fingerprint density at radius 1 is 1.10 bits per heavy atom. The summed E-state index contributed by atoms with van der Waals surface area (Å²) in [4.78, 5) is 11.1. The molecule has 0 radical (unpaired) electrons. The Hall–Kier alpha value is -3.15. The molecule has 1 heterocycles. The van der Waals surface area contributed by atoms with E-state index in [4.69, 9.17) is 5.11 Å². The number of nitrogens with zero attached hydrogens (tertiary/aromatic N) is 3. The van der Waals surface area contributed by atoms with Crippen molar-refractivity contribution in [2.45, 2.75) is 0 Å². The van der Waals surface area contributed by atoms with Gasteiger partial charge in [0.15, 0.2) is 0 Å². The monoisotopic (exact) mass is 281 g/mol. The Morgan fingerprint density at radius 3 is 2.57 bits per heavy atom. The van der Waals surface area contributed by atoms with Crippen LogP contribution in [0, 0.1) is 0 Å². The van der Waals surface area contributed by atoms with Gasteiger partial charge in [0.1, 0.15) is 11.3 Å². The van der Waals surface area contributed by atoms with Gasteiger partial charge in [0.2, 0.25) is 0 Å². The van der Waals surface area contributed by atoms with Crippen LogP contribution < -0.4 is 0 Å². The van der Waals surface area contributed by atoms with Crippen LogP contribution >= 0.6 is 0 Å². The van der Waals surface area contributed by atoms with Crippen molar-refractivity contribution in [3.8, 4) is 22.7 Å². The predicted molar refractivity (Wildman–Crippen MR) is 75.4 cm³/mol. The molecule has 2 N–H and O–H groups in total. The molecule has 0 aliphatic rings. The Labute approximate surface area is 119 Å². The number of phenols is 1. The first-order valence-corrected chi connectivity index (χ1v) is 6.19. The molecule has 0 saturated carbocycles. The van der Waals surface area contributed by atoms with E-state index in [2.05, 4.69) is 10.3 Å². The number of benzene rings is 2. The van der Waals surface area contributed by atoms with Gasteiger partial charge in [-0.15, -0.1) is 5.10 Å². The SMILES string of the molecule is O=C(O)c1cc(-c2cnnn2-c2ccccc2)ccc1O. The molecule has 0 atom stereocenters. The maximum Gasteiger partial charge on any atom is 0.339 e. The molecule has 6 heteroatoms. The van der Waals surface area contributed by atoms with Gasteiger partial charge in [0.05, 0.1) is 17.6 Å². The highest BCUT2D eigenvalue weighted by molar-refractivity contribution is 5.92. The highest BCUT2D eigenvalue weighted by Crippen LogP contribution is 2.26.